The average molecular weight is 249 g/mol. The van der Waals surface area contributed by atoms with E-state index in [0.717, 1.165) is 25.8 Å². The van der Waals surface area contributed by atoms with Crippen molar-refractivity contribution in [3.63, 3.8) is 0 Å². The summed E-state index contributed by atoms with van der Waals surface area (Å²) in [6.45, 7) is 5.49. The Bertz CT molecular complexity index is 399. The zero-order valence-corrected chi connectivity index (χ0v) is 11.2. The number of rotatable bonds is 4. The van der Waals surface area contributed by atoms with Gasteiger partial charge in [0.25, 0.3) is 0 Å². The molecule has 3 N–H and O–H groups in total. The molecule has 1 fully saturated rings. The summed E-state index contributed by atoms with van der Waals surface area (Å²) in [5, 5.41) is 22.4. The largest absolute Gasteiger partial charge is 0.508 e. The fourth-order valence-corrected chi connectivity index (χ4v) is 2.93. The highest BCUT2D eigenvalue weighted by Gasteiger charge is 2.41. The van der Waals surface area contributed by atoms with Gasteiger partial charge in [-0.15, -0.1) is 0 Å². The summed E-state index contributed by atoms with van der Waals surface area (Å²) in [5.74, 6) is 0.305. The summed E-state index contributed by atoms with van der Waals surface area (Å²) in [6.07, 6.45) is 2.93. The van der Waals surface area contributed by atoms with Crippen molar-refractivity contribution in [3.8, 4) is 5.75 Å². The first kappa shape index (κ1) is 13.4. The summed E-state index contributed by atoms with van der Waals surface area (Å²) in [4.78, 5) is 0. The topological polar surface area (TPSA) is 52.5 Å². The first-order chi connectivity index (χ1) is 8.45. The van der Waals surface area contributed by atoms with Crippen LogP contribution in [-0.4, -0.2) is 28.9 Å². The molecule has 3 nitrogen and oxygen atoms in total. The van der Waals surface area contributed by atoms with Gasteiger partial charge in [0, 0.05) is 24.1 Å². The van der Waals surface area contributed by atoms with Crippen LogP contribution in [-0.2, 0) is 6.42 Å². The van der Waals surface area contributed by atoms with E-state index in [4.69, 9.17) is 0 Å². The number of hydrogen-bond donors (Lipinski definition) is 3. The van der Waals surface area contributed by atoms with Gasteiger partial charge in [0.1, 0.15) is 5.75 Å². The third-order valence-electron chi connectivity index (χ3n) is 3.97. The van der Waals surface area contributed by atoms with Gasteiger partial charge in [-0.25, -0.2) is 0 Å². The molecule has 1 aliphatic rings. The maximum atomic E-state index is 9.69. The maximum Gasteiger partial charge on any atom is 0.115 e. The smallest absolute Gasteiger partial charge is 0.115 e. The summed E-state index contributed by atoms with van der Waals surface area (Å²) in [5.41, 5.74) is 1.34. The van der Waals surface area contributed by atoms with Crippen LogP contribution in [0.2, 0.25) is 0 Å². The van der Waals surface area contributed by atoms with E-state index in [9.17, 15) is 10.2 Å². The first-order valence-corrected chi connectivity index (χ1v) is 6.59. The van der Waals surface area contributed by atoms with Crippen molar-refractivity contribution in [2.75, 3.05) is 13.2 Å². The second-order valence-electron chi connectivity index (χ2n) is 6.24. The van der Waals surface area contributed by atoms with Crippen molar-refractivity contribution in [3.05, 3.63) is 29.8 Å². The van der Waals surface area contributed by atoms with Crippen molar-refractivity contribution >= 4 is 0 Å². The van der Waals surface area contributed by atoms with Gasteiger partial charge in [0.05, 0.1) is 0 Å². The number of aryl methyl sites for hydroxylation is 1. The van der Waals surface area contributed by atoms with Crippen LogP contribution in [0.4, 0.5) is 0 Å². The molecule has 1 aromatic rings. The molecule has 0 radical (unpaired) electrons. The van der Waals surface area contributed by atoms with E-state index >= 15 is 0 Å². The number of hydrogen-bond acceptors (Lipinski definition) is 3. The Balaban J connectivity index is 1.98. The van der Waals surface area contributed by atoms with Gasteiger partial charge in [0.2, 0.25) is 0 Å². The van der Waals surface area contributed by atoms with Gasteiger partial charge in [-0.3, -0.25) is 0 Å². The molecule has 1 saturated heterocycles. The molecule has 0 spiro atoms. The lowest BCUT2D eigenvalue weighted by Crippen LogP contribution is -2.31. The van der Waals surface area contributed by atoms with Gasteiger partial charge >= 0.3 is 0 Å². The van der Waals surface area contributed by atoms with Crippen LogP contribution in [0.5, 0.6) is 5.75 Å². The van der Waals surface area contributed by atoms with E-state index in [1.807, 2.05) is 12.1 Å². The molecular weight excluding hydrogens is 226 g/mol. The van der Waals surface area contributed by atoms with Gasteiger partial charge in [-0.2, -0.15) is 0 Å². The molecular formula is C15H23NO2. The lowest BCUT2D eigenvalue weighted by Gasteiger charge is -2.27. The van der Waals surface area contributed by atoms with Crippen molar-refractivity contribution in [1.29, 1.82) is 0 Å². The zero-order chi connectivity index (χ0) is 13.2. The Morgan fingerprint density at radius 3 is 2.39 bits per heavy atom. The molecule has 1 aliphatic heterocycles. The number of aliphatic hydroxyl groups excluding tert-OH is 1. The quantitative estimate of drug-likeness (QED) is 0.765. The third-order valence-corrected chi connectivity index (χ3v) is 3.97. The minimum atomic E-state index is 0.00138. The molecule has 3 heteroatoms. The predicted molar refractivity (Wildman–Crippen MR) is 72.6 cm³/mol. The number of benzene rings is 1. The number of aliphatic hydroxyl groups is 1. The van der Waals surface area contributed by atoms with E-state index in [1.54, 1.807) is 12.1 Å². The van der Waals surface area contributed by atoms with Crippen LogP contribution in [0.25, 0.3) is 0 Å². The summed E-state index contributed by atoms with van der Waals surface area (Å²) < 4.78 is 0. The third kappa shape index (κ3) is 3.03. The molecule has 100 valence electrons. The van der Waals surface area contributed by atoms with Crippen molar-refractivity contribution < 1.29 is 10.2 Å². The highest BCUT2D eigenvalue weighted by Crippen LogP contribution is 2.38. The van der Waals surface area contributed by atoms with Crippen LogP contribution in [0.15, 0.2) is 24.3 Å². The Morgan fingerprint density at radius 1 is 1.22 bits per heavy atom. The number of nitrogens with one attached hydrogen (secondary N) is 1. The minimum absolute atomic E-state index is 0.00138. The Morgan fingerprint density at radius 2 is 1.89 bits per heavy atom. The minimum Gasteiger partial charge on any atom is -0.508 e. The second kappa shape index (κ2) is 4.90. The molecule has 1 aromatic carbocycles. The lowest BCUT2D eigenvalue weighted by molar-refractivity contribution is 0.127. The van der Waals surface area contributed by atoms with Crippen LogP contribution in [0.3, 0.4) is 0 Å². The van der Waals surface area contributed by atoms with Crippen LogP contribution >= 0.6 is 0 Å². The van der Waals surface area contributed by atoms with Crippen LogP contribution < -0.4 is 5.32 Å². The Kier molecular flexibility index (Phi) is 3.64. The maximum absolute atomic E-state index is 9.69. The summed E-state index contributed by atoms with van der Waals surface area (Å²) in [7, 11) is 0. The van der Waals surface area contributed by atoms with Crippen LogP contribution in [0, 0.1) is 5.41 Å². The monoisotopic (exact) mass is 249 g/mol. The molecule has 1 heterocycles. The average Bonchev–Trinajstić information content (AvgIpc) is 2.65. The predicted octanol–water partition coefficient (Wildman–Crippen LogP) is 2.08. The standard InChI is InChI=1S/C15H23NO2/c1-14(2)9-15(11-17,10-16-14)8-7-12-3-5-13(18)6-4-12/h3-6,16-18H,7-11H2,1-2H3/t15-/m0/s1. The molecule has 0 amide bonds. The van der Waals surface area contributed by atoms with E-state index < -0.39 is 0 Å². The first-order valence-electron chi connectivity index (χ1n) is 6.59. The van der Waals surface area contributed by atoms with Crippen molar-refractivity contribution in [2.24, 2.45) is 5.41 Å². The normalized spacial score (nSPS) is 26.4. The van der Waals surface area contributed by atoms with Crippen LogP contribution in [0.1, 0.15) is 32.3 Å². The molecule has 0 aliphatic carbocycles. The Hall–Kier alpha value is -1.06. The van der Waals surface area contributed by atoms with Crippen molar-refractivity contribution in [1.82, 2.24) is 5.32 Å². The van der Waals surface area contributed by atoms with Gasteiger partial charge in [-0.1, -0.05) is 12.1 Å². The molecule has 0 unspecified atom stereocenters. The molecule has 18 heavy (non-hydrogen) atoms. The molecule has 0 bridgehead atoms. The molecule has 0 aromatic heterocycles. The molecule has 2 rings (SSSR count). The van der Waals surface area contributed by atoms with E-state index in [0.29, 0.717) is 5.75 Å². The second-order valence-corrected chi connectivity index (χ2v) is 6.24. The molecule has 1 atom stereocenters. The highest BCUT2D eigenvalue weighted by molar-refractivity contribution is 5.26. The zero-order valence-electron chi connectivity index (χ0n) is 11.2. The van der Waals surface area contributed by atoms with E-state index in [-0.39, 0.29) is 17.6 Å². The number of aromatic hydroxyl groups is 1. The number of phenols is 1. The fraction of sp³-hybridized carbons (Fsp3) is 0.600. The van der Waals surface area contributed by atoms with E-state index in [1.165, 1.54) is 5.56 Å². The lowest BCUT2D eigenvalue weighted by atomic mass is 9.78. The fourth-order valence-electron chi connectivity index (χ4n) is 2.93. The SMILES string of the molecule is CC1(C)C[C@@](CO)(CCc2ccc(O)cc2)CN1. The van der Waals surface area contributed by atoms with Crippen molar-refractivity contribution in [2.45, 2.75) is 38.6 Å². The van der Waals surface area contributed by atoms with E-state index in [2.05, 4.69) is 19.2 Å². The number of phenolic OH excluding ortho intramolecular Hbond substituents is 1. The Labute approximate surface area is 109 Å². The van der Waals surface area contributed by atoms with Gasteiger partial charge in [0.15, 0.2) is 0 Å². The molecule has 0 saturated carbocycles. The van der Waals surface area contributed by atoms with Gasteiger partial charge < -0.3 is 15.5 Å². The summed E-state index contributed by atoms with van der Waals surface area (Å²) in [6, 6.07) is 7.34. The highest BCUT2D eigenvalue weighted by atomic mass is 16.3. The van der Waals surface area contributed by atoms with Gasteiger partial charge in [-0.05, 0) is 50.8 Å². The summed E-state index contributed by atoms with van der Waals surface area (Å²) >= 11 is 0.